The number of halogens is 1. The monoisotopic (exact) mass is 269 g/mol. The smallest absolute Gasteiger partial charge is 0.220 e. The van der Waals surface area contributed by atoms with E-state index in [0.717, 1.165) is 6.42 Å². The fraction of sp³-hybridized carbons (Fsp3) is 0.385. The van der Waals surface area contributed by atoms with E-state index in [-0.39, 0.29) is 18.2 Å². The van der Waals surface area contributed by atoms with Crippen molar-refractivity contribution in [1.82, 2.24) is 5.32 Å². The van der Waals surface area contributed by atoms with Crippen LogP contribution in [0.4, 0.5) is 0 Å². The average Bonchev–Trinajstić information content (AvgIpc) is 2.36. The van der Waals surface area contributed by atoms with Crippen molar-refractivity contribution in [2.45, 2.75) is 19.8 Å². The van der Waals surface area contributed by atoms with Crippen LogP contribution >= 0.6 is 11.6 Å². The zero-order valence-corrected chi connectivity index (χ0v) is 11.2. The number of amides is 1. The molecule has 0 unspecified atom stereocenters. The highest BCUT2D eigenvalue weighted by Crippen LogP contribution is 2.22. The standard InChI is InChI=1S/C13H16ClNO3/c1-3-4-13(17)15-8-11(16)10-7-9(14)5-6-12(10)18-2/h5-7H,3-4,8H2,1-2H3,(H,15,17). The second-order valence-electron chi connectivity index (χ2n) is 3.79. The molecule has 1 aromatic rings. The summed E-state index contributed by atoms with van der Waals surface area (Å²) in [5, 5.41) is 3.02. The van der Waals surface area contributed by atoms with E-state index in [9.17, 15) is 9.59 Å². The van der Waals surface area contributed by atoms with Gasteiger partial charge < -0.3 is 10.1 Å². The van der Waals surface area contributed by atoms with Gasteiger partial charge in [0, 0.05) is 11.4 Å². The van der Waals surface area contributed by atoms with Gasteiger partial charge in [-0.25, -0.2) is 0 Å². The Morgan fingerprint density at radius 1 is 1.39 bits per heavy atom. The highest BCUT2D eigenvalue weighted by Gasteiger charge is 2.13. The van der Waals surface area contributed by atoms with Crippen molar-refractivity contribution >= 4 is 23.3 Å². The van der Waals surface area contributed by atoms with E-state index in [1.54, 1.807) is 12.1 Å². The normalized spacial score (nSPS) is 9.94. The van der Waals surface area contributed by atoms with Crippen molar-refractivity contribution in [2.75, 3.05) is 13.7 Å². The van der Waals surface area contributed by atoms with Crippen LogP contribution in [0.5, 0.6) is 5.75 Å². The highest BCUT2D eigenvalue weighted by molar-refractivity contribution is 6.31. The van der Waals surface area contributed by atoms with Crippen molar-refractivity contribution in [3.8, 4) is 5.75 Å². The van der Waals surface area contributed by atoms with Gasteiger partial charge in [-0.05, 0) is 24.6 Å². The number of hydrogen-bond acceptors (Lipinski definition) is 3. The third-order valence-electron chi connectivity index (χ3n) is 2.39. The van der Waals surface area contributed by atoms with E-state index in [1.807, 2.05) is 6.92 Å². The maximum atomic E-state index is 11.9. The van der Waals surface area contributed by atoms with Gasteiger partial charge in [-0.2, -0.15) is 0 Å². The van der Waals surface area contributed by atoms with Crippen LogP contribution in [0.15, 0.2) is 18.2 Å². The maximum Gasteiger partial charge on any atom is 0.220 e. The molecule has 1 rings (SSSR count). The lowest BCUT2D eigenvalue weighted by atomic mass is 10.1. The number of nitrogens with one attached hydrogen (secondary N) is 1. The summed E-state index contributed by atoms with van der Waals surface area (Å²) >= 11 is 5.84. The van der Waals surface area contributed by atoms with Crippen LogP contribution < -0.4 is 10.1 Å². The second-order valence-corrected chi connectivity index (χ2v) is 4.23. The molecule has 0 heterocycles. The van der Waals surface area contributed by atoms with Gasteiger partial charge in [0.25, 0.3) is 0 Å². The Hall–Kier alpha value is -1.55. The van der Waals surface area contributed by atoms with Gasteiger partial charge in [-0.3, -0.25) is 9.59 Å². The molecule has 5 heteroatoms. The number of methoxy groups -OCH3 is 1. The molecule has 0 saturated heterocycles. The van der Waals surface area contributed by atoms with Crippen LogP contribution in [0.3, 0.4) is 0 Å². The molecule has 0 saturated carbocycles. The molecule has 0 aromatic heterocycles. The lowest BCUT2D eigenvalue weighted by molar-refractivity contribution is -0.120. The van der Waals surface area contributed by atoms with Crippen LogP contribution in [0.1, 0.15) is 30.1 Å². The summed E-state index contributed by atoms with van der Waals surface area (Å²) in [5.41, 5.74) is 0.377. The summed E-state index contributed by atoms with van der Waals surface area (Å²) in [7, 11) is 1.48. The first-order valence-electron chi connectivity index (χ1n) is 5.72. The molecular formula is C13H16ClNO3. The van der Waals surface area contributed by atoms with E-state index in [4.69, 9.17) is 16.3 Å². The molecule has 18 heavy (non-hydrogen) atoms. The minimum atomic E-state index is -0.223. The van der Waals surface area contributed by atoms with E-state index in [1.165, 1.54) is 13.2 Å². The number of Topliss-reactive ketones (excluding diaryl/α,β-unsaturated/α-hetero) is 1. The molecule has 0 radical (unpaired) electrons. The van der Waals surface area contributed by atoms with Gasteiger partial charge in [-0.1, -0.05) is 18.5 Å². The number of carbonyl (C=O) groups is 2. The second kappa shape index (κ2) is 7.01. The molecule has 0 spiro atoms. The molecule has 0 atom stereocenters. The number of ether oxygens (including phenoxy) is 1. The van der Waals surface area contributed by atoms with Crippen LogP contribution in [-0.2, 0) is 4.79 Å². The Morgan fingerprint density at radius 2 is 2.11 bits per heavy atom. The molecule has 4 nitrogen and oxygen atoms in total. The quantitative estimate of drug-likeness (QED) is 0.807. The van der Waals surface area contributed by atoms with E-state index in [2.05, 4.69) is 5.32 Å². The lowest BCUT2D eigenvalue weighted by Gasteiger charge is -2.08. The molecule has 1 aromatic carbocycles. The summed E-state index contributed by atoms with van der Waals surface area (Å²) in [6.45, 7) is 1.86. The van der Waals surface area contributed by atoms with Crippen LogP contribution in [0, 0.1) is 0 Å². The minimum absolute atomic E-state index is 0.0461. The zero-order chi connectivity index (χ0) is 13.5. The third kappa shape index (κ3) is 4.04. The molecule has 0 bridgehead atoms. The van der Waals surface area contributed by atoms with Crippen molar-refractivity contribution in [3.05, 3.63) is 28.8 Å². The Labute approximate surface area is 111 Å². The molecule has 98 valence electrons. The van der Waals surface area contributed by atoms with Crippen LogP contribution in [0.25, 0.3) is 0 Å². The van der Waals surface area contributed by atoms with Crippen LogP contribution in [0.2, 0.25) is 5.02 Å². The molecule has 1 N–H and O–H groups in total. The third-order valence-corrected chi connectivity index (χ3v) is 2.62. The molecule has 0 fully saturated rings. The van der Waals surface area contributed by atoms with Crippen molar-refractivity contribution < 1.29 is 14.3 Å². The summed E-state index contributed by atoms with van der Waals surface area (Å²) in [4.78, 5) is 23.2. The molecule has 0 aliphatic rings. The van der Waals surface area contributed by atoms with Gasteiger partial charge in [0.1, 0.15) is 5.75 Å². The Balaban J connectivity index is 2.71. The zero-order valence-electron chi connectivity index (χ0n) is 10.5. The van der Waals surface area contributed by atoms with Gasteiger partial charge in [0.15, 0.2) is 5.78 Å². The average molecular weight is 270 g/mol. The summed E-state index contributed by atoms with van der Waals surface area (Å²) in [5.74, 6) is 0.0970. The van der Waals surface area contributed by atoms with Crippen molar-refractivity contribution in [3.63, 3.8) is 0 Å². The maximum absolute atomic E-state index is 11.9. The van der Waals surface area contributed by atoms with E-state index in [0.29, 0.717) is 22.8 Å². The fourth-order valence-electron chi connectivity index (χ4n) is 1.49. The Morgan fingerprint density at radius 3 is 2.72 bits per heavy atom. The first kappa shape index (κ1) is 14.5. The van der Waals surface area contributed by atoms with E-state index < -0.39 is 0 Å². The first-order valence-corrected chi connectivity index (χ1v) is 6.09. The summed E-state index contributed by atoms with van der Waals surface area (Å²) in [6, 6.07) is 4.81. The Kier molecular flexibility index (Phi) is 5.65. The number of ketones is 1. The molecular weight excluding hydrogens is 254 g/mol. The molecule has 0 aliphatic carbocycles. The number of benzene rings is 1. The highest BCUT2D eigenvalue weighted by atomic mass is 35.5. The number of hydrogen-bond donors (Lipinski definition) is 1. The predicted molar refractivity (Wildman–Crippen MR) is 70.3 cm³/mol. The van der Waals surface area contributed by atoms with Crippen LogP contribution in [-0.4, -0.2) is 25.3 Å². The SMILES string of the molecule is CCCC(=O)NCC(=O)c1cc(Cl)ccc1OC. The largest absolute Gasteiger partial charge is 0.496 e. The molecule has 1 amide bonds. The topological polar surface area (TPSA) is 55.4 Å². The Bertz CT molecular complexity index is 446. The van der Waals surface area contributed by atoms with Gasteiger partial charge in [0.05, 0.1) is 19.2 Å². The first-order chi connectivity index (χ1) is 8.58. The van der Waals surface area contributed by atoms with Gasteiger partial charge in [0.2, 0.25) is 5.91 Å². The predicted octanol–water partition coefficient (Wildman–Crippen LogP) is 2.45. The van der Waals surface area contributed by atoms with E-state index >= 15 is 0 Å². The van der Waals surface area contributed by atoms with Crippen molar-refractivity contribution in [2.24, 2.45) is 0 Å². The fourth-order valence-corrected chi connectivity index (χ4v) is 1.66. The number of rotatable bonds is 6. The summed E-state index contributed by atoms with van der Waals surface area (Å²) < 4.78 is 5.08. The van der Waals surface area contributed by atoms with Gasteiger partial charge >= 0.3 is 0 Å². The van der Waals surface area contributed by atoms with Crippen molar-refractivity contribution in [1.29, 1.82) is 0 Å². The number of carbonyl (C=O) groups excluding carboxylic acids is 2. The molecule has 0 aliphatic heterocycles. The minimum Gasteiger partial charge on any atom is -0.496 e. The van der Waals surface area contributed by atoms with Gasteiger partial charge in [-0.15, -0.1) is 0 Å². The lowest BCUT2D eigenvalue weighted by Crippen LogP contribution is -2.29. The summed E-state index contributed by atoms with van der Waals surface area (Å²) in [6.07, 6.45) is 1.17.